The molecule has 1 aromatic carbocycles. The molecule has 0 radical (unpaired) electrons. The molecule has 1 aromatic rings. The Bertz CT molecular complexity index is 351. The highest BCUT2D eigenvalue weighted by molar-refractivity contribution is 5.42. The van der Waals surface area contributed by atoms with Crippen molar-refractivity contribution < 1.29 is 19.3 Å². The summed E-state index contributed by atoms with van der Waals surface area (Å²) in [6.45, 7) is 0.283. The Kier molecular flexibility index (Phi) is 3.64. The van der Waals surface area contributed by atoms with Gasteiger partial charge in [0, 0.05) is 13.2 Å². The van der Waals surface area contributed by atoms with Crippen LogP contribution in [-0.2, 0) is 11.2 Å². The van der Waals surface area contributed by atoms with Gasteiger partial charge in [0.05, 0.1) is 6.61 Å². The molecule has 0 fully saturated rings. The van der Waals surface area contributed by atoms with Crippen LogP contribution in [0.25, 0.3) is 0 Å². The number of aliphatic hydroxyl groups is 1. The molecule has 2 rings (SSSR count). The lowest BCUT2D eigenvalue weighted by Crippen LogP contribution is -2.26. The number of hydrogen-bond acceptors (Lipinski definition) is 4. The zero-order valence-electron chi connectivity index (χ0n) is 9.31. The summed E-state index contributed by atoms with van der Waals surface area (Å²) in [5.41, 5.74) is 1.16. The number of hydrogen-bond donors (Lipinski definition) is 1. The molecule has 0 aliphatic carbocycles. The second-order valence-corrected chi connectivity index (χ2v) is 3.78. The predicted octanol–water partition coefficient (Wildman–Crippen LogP) is 1.36. The van der Waals surface area contributed by atoms with Gasteiger partial charge < -0.3 is 19.3 Å². The number of benzene rings is 1. The summed E-state index contributed by atoms with van der Waals surface area (Å²) in [7, 11) is 1.58. The molecule has 0 saturated heterocycles. The van der Waals surface area contributed by atoms with Crippen LogP contribution in [0, 0.1) is 0 Å². The maximum Gasteiger partial charge on any atom is 0.188 e. The molecular weight excluding hydrogens is 208 g/mol. The van der Waals surface area contributed by atoms with E-state index in [9.17, 15) is 0 Å². The van der Waals surface area contributed by atoms with Gasteiger partial charge in [-0.15, -0.1) is 0 Å². The summed E-state index contributed by atoms with van der Waals surface area (Å²) in [5, 5.41) is 9.05. The lowest BCUT2D eigenvalue weighted by molar-refractivity contribution is 0.0502. The highest BCUT2D eigenvalue weighted by Gasteiger charge is 2.19. The van der Waals surface area contributed by atoms with Gasteiger partial charge >= 0.3 is 0 Å². The van der Waals surface area contributed by atoms with E-state index in [4.69, 9.17) is 19.3 Å². The summed E-state index contributed by atoms with van der Waals surface area (Å²) in [5.74, 6) is 1.53. The molecule has 0 unspecified atom stereocenters. The molecule has 0 saturated carbocycles. The van der Waals surface area contributed by atoms with E-state index in [1.54, 1.807) is 7.11 Å². The summed E-state index contributed by atoms with van der Waals surface area (Å²) >= 11 is 0. The maximum absolute atomic E-state index is 9.05. The van der Waals surface area contributed by atoms with E-state index in [0.717, 1.165) is 29.9 Å². The molecule has 88 valence electrons. The fourth-order valence-electron chi connectivity index (χ4n) is 1.75. The highest BCUT2D eigenvalue weighted by Crippen LogP contribution is 2.31. The fourth-order valence-corrected chi connectivity index (χ4v) is 1.75. The van der Waals surface area contributed by atoms with Crippen molar-refractivity contribution in [2.45, 2.75) is 18.9 Å². The third-order valence-corrected chi connectivity index (χ3v) is 2.61. The van der Waals surface area contributed by atoms with Crippen molar-refractivity contribution in [3.05, 3.63) is 23.8 Å². The number of aryl methyl sites for hydroxylation is 1. The second-order valence-electron chi connectivity index (χ2n) is 3.78. The molecule has 4 heteroatoms. The monoisotopic (exact) mass is 224 g/mol. The van der Waals surface area contributed by atoms with Gasteiger partial charge in [0.15, 0.2) is 6.79 Å². The minimum absolute atomic E-state index is 0.0581. The standard InChI is InChI=1S/C12H16O4/c1-14-8-15-10-4-2-9-3-5-11(7-13)16-12(9)6-10/h2,4,6,11,13H,3,5,7-8H2,1H3/t11-/m1/s1. The van der Waals surface area contributed by atoms with Gasteiger partial charge in [0.25, 0.3) is 0 Å². The largest absolute Gasteiger partial charge is 0.488 e. The van der Waals surface area contributed by atoms with Gasteiger partial charge in [-0.1, -0.05) is 6.07 Å². The lowest BCUT2D eigenvalue weighted by Gasteiger charge is -2.24. The normalized spacial score (nSPS) is 18.8. The van der Waals surface area contributed by atoms with Crippen molar-refractivity contribution in [2.24, 2.45) is 0 Å². The van der Waals surface area contributed by atoms with Crippen molar-refractivity contribution in [1.82, 2.24) is 0 Å². The Hall–Kier alpha value is -1.26. The first kappa shape index (κ1) is 11.2. The summed E-state index contributed by atoms with van der Waals surface area (Å²) in [6, 6.07) is 5.74. The molecule has 1 atom stereocenters. The van der Waals surface area contributed by atoms with Crippen molar-refractivity contribution in [2.75, 3.05) is 20.5 Å². The van der Waals surface area contributed by atoms with E-state index in [0.29, 0.717) is 0 Å². The number of fused-ring (bicyclic) bond motifs is 1. The molecule has 1 heterocycles. The van der Waals surface area contributed by atoms with E-state index in [2.05, 4.69) is 0 Å². The molecule has 1 aliphatic heterocycles. The smallest absolute Gasteiger partial charge is 0.188 e. The molecule has 0 spiro atoms. The third kappa shape index (κ3) is 2.46. The van der Waals surface area contributed by atoms with Gasteiger partial charge in [-0.3, -0.25) is 0 Å². The van der Waals surface area contributed by atoms with Crippen LogP contribution in [0.2, 0.25) is 0 Å². The van der Waals surface area contributed by atoms with Crippen LogP contribution in [0.4, 0.5) is 0 Å². The SMILES string of the molecule is COCOc1ccc2c(c1)O[C@@H](CO)CC2. The number of rotatable bonds is 4. The van der Waals surface area contributed by atoms with Gasteiger partial charge in [0.2, 0.25) is 0 Å². The Balaban J connectivity index is 2.11. The minimum atomic E-state index is -0.0924. The van der Waals surface area contributed by atoms with E-state index < -0.39 is 0 Å². The molecule has 1 aliphatic rings. The van der Waals surface area contributed by atoms with Crippen molar-refractivity contribution in [1.29, 1.82) is 0 Å². The zero-order valence-corrected chi connectivity index (χ0v) is 9.31. The first-order valence-electron chi connectivity index (χ1n) is 5.35. The van der Waals surface area contributed by atoms with Gasteiger partial charge in [-0.05, 0) is 24.5 Å². The van der Waals surface area contributed by atoms with E-state index in [1.807, 2.05) is 18.2 Å². The van der Waals surface area contributed by atoms with Gasteiger partial charge in [-0.2, -0.15) is 0 Å². The first-order chi connectivity index (χ1) is 7.83. The van der Waals surface area contributed by atoms with Crippen LogP contribution < -0.4 is 9.47 Å². The van der Waals surface area contributed by atoms with Crippen molar-refractivity contribution >= 4 is 0 Å². The predicted molar refractivity (Wildman–Crippen MR) is 58.8 cm³/mol. The van der Waals surface area contributed by atoms with Crippen LogP contribution >= 0.6 is 0 Å². The Labute approximate surface area is 94.8 Å². The summed E-state index contributed by atoms with van der Waals surface area (Å²) in [4.78, 5) is 0. The average molecular weight is 224 g/mol. The van der Waals surface area contributed by atoms with Crippen molar-refractivity contribution in [3.8, 4) is 11.5 Å². The summed E-state index contributed by atoms with van der Waals surface area (Å²) < 4.78 is 15.8. The minimum Gasteiger partial charge on any atom is -0.488 e. The van der Waals surface area contributed by atoms with E-state index >= 15 is 0 Å². The fraction of sp³-hybridized carbons (Fsp3) is 0.500. The van der Waals surface area contributed by atoms with Gasteiger partial charge in [-0.25, -0.2) is 0 Å². The maximum atomic E-state index is 9.05. The first-order valence-corrected chi connectivity index (χ1v) is 5.35. The summed E-state index contributed by atoms with van der Waals surface area (Å²) in [6.07, 6.45) is 1.71. The Morgan fingerprint density at radius 3 is 3.12 bits per heavy atom. The number of methoxy groups -OCH3 is 1. The van der Waals surface area contributed by atoms with E-state index in [-0.39, 0.29) is 19.5 Å². The van der Waals surface area contributed by atoms with Crippen LogP contribution in [0.15, 0.2) is 18.2 Å². The molecule has 0 aromatic heterocycles. The van der Waals surface area contributed by atoms with Crippen LogP contribution in [0.3, 0.4) is 0 Å². The van der Waals surface area contributed by atoms with Crippen molar-refractivity contribution in [3.63, 3.8) is 0 Å². The Morgan fingerprint density at radius 1 is 1.50 bits per heavy atom. The van der Waals surface area contributed by atoms with Crippen LogP contribution in [0.1, 0.15) is 12.0 Å². The molecular formula is C12H16O4. The molecule has 0 amide bonds. The molecule has 1 N–H and O–H groups in total. The van der Waals surface area contributed by atoms with E-state index in [1.165, 1.54) is 0 Å². The van der Waals surface area contributed by atoms with Crippen LogP contribution in [0.5, 0.6) is 11.5 Å². The third-order valence-electron chi connectivity index (χ3n) is 2.61. The topological polar surface area (TPSA) is 47.9 Å². The second kappa shape index (κ2) is 5.18. The molecule has 4 nitrogen and oxygen atoms in total. The zero-order chi connectivity index (χ0) is 11.4. The van der Waals surface area contributed by atoms with Crippen LogP contribution in [-0.4, -0.2) is 31.7 Å². The quantitative estimate of drug-likeness (QED) is 0.784. The molecule has 16 heavy (non-hydrogen) atoms. The Morgan fingerprint density at radius 2 is 2.38 bits per heavy atom. The average Bonchev–Trinajstić information content (AvgIpc) is 2.35. The van der Waals surface area contributed by atoms with Gasteiger partial charge in [0.1, 0.15) is 17.6 Å². The lowest BCUT2D eigenvalue weighted by atomic mass is 10.0. The highest BCUT2D eigenvalue weighted by atomic mass is 16.7. The molecule has 0 bridgehead atoms. The number of aliphatic hydroxyl groups excluding tert-OH is 1. The number of ether oxygens (including phenoxy) is 3.